The molecular weight excluding hydrogens is 424 g/mol. The van der Waals surface area contributed by atoms with Crippen LogP contribution < -0.4 is 0 Å². The van der Waals surface area contributed by atoms with Crippen molar-refractivity contribution in [2.24, 2.45) is 45.3 Å². The number of carbonyl (C=O) groups is 1. The van der Waals surface area contributed by atoms with Crippen molar-refractivity contribution in [3.63, 3.8) is 0 Å². The third kappa shape index (κ3) is 3.60. The van der Waals surface area contributed by atoms with Crippen molar-refractivity contribution in [3.05, 3.63) is 11.6 Å². The van der Waals surface area contributed by atoms with Crippen molar-refractivity contribution < 1.29 is 20.1 Å². The fraction of sp³-hybridized carbons (Fsp3) is 0.900. The van der Waals surface area contributed by atoms with Crippen LogP contribution in [0.5, 0.6) is 0 Å². The number of aliphatic hydroxyl groups is 3. The Morgan fingerprint density at radius 2 is 1.76 bits per heavy atom. The van der Waals surface area contributed by atoms with Crippen LogP contribution >= 0.6 is 0 Å². The molecule has 0 aromatic heterocycles. The Morgan fingerprint density at radius 1 is 1.09 bits per heavy atom. The van der Waals surface area contributed by atoms with Crippen LogP contribution in [0.4, 0.5) is 0 Å². The van der Waals surface area contributed by atoms with Gasteiger partial charge in [0.1, 0.15) is 5.78 Å². The van der Waals surface area contributed by atoms with Gasteiger partial charge >= 0.3 is 0 Å². The van der Waals surface area contributed by atoms with Gasteiger partial charge in [0, 0.05) is 17.8 Å². The van der Waals surface area contributed by atoms with E-state index in [-0.39, 0.29) is 34.7 Å². The highest BCUT2D eigenvalue weighted by Crippen LogP contribution is 2.75. The molecule has 4 heteroatoms. The molecule has 0 unspecified atom stereocenters. The second-order valence-electron chi connectivity index (χ2n) is 14.2. The molecule has 3 N–H and O–H groups in total. The third-order valence-electron chi connectivity index (χ3n) is 12.2. The summed E-state index contributed by atoms with van der Waals surface area (Å²) in [5.74, 6) is 1.57. The van der Waals surface area contributed by atoms with Gasteiger partial charge in [0.15, 0.2) is 0 Å². The molecule has 0 amide bonds. The van der Waals surface area contributed by atoms with Crippen molar-refractivity contribution in [2.75, 3.05) is 6.61 Å². The summed E-state index contributed by atoms with van der Waals surface area (Å²) in [6.07, 6.45) is 9.85. The highest BCUT2D eigenvalue weighted by atomic mass is 16.3. The van der Waals surface area contributed by atoms with Crippen LogP contribution in [-0.4, -0.2) is 39.4 Å². The number of hydrogen-bond acceptors (Lipinski definition) is 4. The van der Waals surface area contributed by atoms with Gasteiger partial charge in [-0.2, -0.15) is 0 Å². The average molecular weight is 475 g/mol. The van der Waals surface area contributed by atoms with Crippen LogP contribution in [-0.2, 0) is 4.79 Å². The van der Waals surface area contributed by atoms with Gasteiger partial charge in [-0.1, -0.05) is 46.3 Å². The van der Waals surface area contributed by atoms with E-state index in [9.17, 15) is 20.1 Å². The molecule has 0 bridgehead atoms. The minimum Gasteiger partial charge on any atom is -0.393 e. The van der Waals surface area contributed by atoms with Gasteiger partial charge in [-0.15, -0.1) is 0 Å². The molecule has 0 heterocycles. The maximum Gasteiger partial charge on any atom is 0.138 e. The Labute approximate surface area is 207 Å². The fourth-order valence-electron chi connectivity index (χ4n) is 10.3. The molecule has 0 aromatic carbocycles. The van der Waals surface area contributed by atoms with Gasteiger partial charge < -0.3 is 15.3 Å². The standard InChI is InChI=1S/C30H50O4/c1-19(18-31)9-8-14-30(7,34)21-12-16-28(5)20(21)10-11-23-27(4)15-13-24(33)26(2,3)25(27)22(32)17-29(23,28)6/h9,20-23,25,31-32,34H,8,10-18H2,1-7H3/b19-9+/t20-,21+,22+,23-,25+,27-,28-,29-,30+/m1/s1. The van der Waals surface area contributed by atoms with Gasteiger partial charge in [0.2, 0.25) is 0 Å². The van der Waals surface area contributed by atoms with Crippen LogP contribution in [0.25, 0.3) is 0 Å². The molecule has 0 aromatic rings. The lowest BCUT2D eigenvalue weighted by molar-refractivity contribution is -0.238. The van der Waals surface area contributed by atoms with E-state index in [1.54, 1.807) is 0 Å². The van der Waals surface area contributed by atoms with E-state index >= 15 is 0 Å². The Balaban J connectivity index is 1.63. The largest absolute Gasteiger partial charge is 0.393 e. The molecule has 34 heavy (non-hydrogen) atoms. The smallest absolute Gasteiger partial charge is 0.138 e. The van der Waals surface area contributed by atoms with Gasteiger partial charge in [-0.3, -0.25) is 4.79 Å². The van der Waals surface area contributed by atoms with Crippen molar-refractivity contribution in [3.8, 4) is 0 Å². The van der Waals surface area contributed by atoms with Crippen LogP contribution in [0.2, 0.25) is 0 Å². The maximum absolute atomic E-state index is 12.9. The number of Topliss-reactive ketones (excluding diaryl/α,β-unsaturated/α-hetero) is 1. The second kappa shape index (κ2) is 8.42. The lowest BCUT2D eigenvalue weighted by Crippen LogP contribution is -2.67. The average Bonchev–Trinajstić information content (AvgIpc) is 3.10. The van der Waals surface area contributed by atoms with Crippen molar-refractivity contribution in [2.45, 2.75) is 118 Å². The highest BCUT2D eigenvalue weighted by molar-refractivity contribution is 5.85. The SMILES string of the molecule is C/C(=C\CC[C@](C)(O)[C@H]1CC[C@]2(C)[C@@H]1CC[C@@H]1[C@@]3(C)CCC(=O)C(C)(C)[C@@H]3[C@@H](O)C[C@]12C)CO. The topological polar surface area (TPSA) is 77.8 Å². The van der Waals surface area contributed by atoms with Crippen LogP contribution in [0.15, 0.2) is 11.6 Å². The van der Waals surface area contributed by atoms with Crippen molar-refractivity contribution >= 4 is 5.78 Å². The van der Waals surface area contributed by atoms with Crippen molar-refractivity contribution in [1.29, 1.82) is 0 Å². The van der Waals surface area contributed by atoms with Gasteiger partial charge in [-0.05, 0) is 99.2 Å². The monoisotopic (exact) mass is 474 g/mol. The summed E-state index contributed by atoms with van der Waals surface area (Å²) in [5, 5.41) is 32.6. The molecule has 9 atom stereocenters. The Kier molecular flexibility index (Phi) is 6.52. The minimum atomic E-state index is -0.725. The summed E-state index contributed by atoms with van der Waals surface area (Å²) >= 11 is 0. The van der Waals surface area contributed by atoms with E-state index in [0.29, 0.717) is 24.0 Å². The predicted molar refractivity (Wildman–Crippen MR) is 136 cm³/mol. The first-order valence-electron chi connectivity index (χ1n) is 13.9. The first-order valence-corrected chi connectivity index (χ1v) is 13.9. The van der Waals surface area contributed by atoms with E-state index < -0.39 is 17.1 Å². The summed E-state index contributed by atoms with van der Waals surface area (Å²) in [7, 11) is 0. The van der Waals surface area contributed by atoms with Gasteiger partial charge in [-0.25, -0.2) is 0 Å². The maximum atomic E-state index is 12.9. The summed E-state index contributed by atoms with van der Waals surface area (Å²) in [6, 6.07) is 0. The van der Waals surface area contributed by atoms with E-state index in [2.05, 4.69) is 40.7 Å². The number of fused-ring (bicyclic) bond motifs is 5. The van der Waals surface area contributed by atoms with E-state index in [4.69, 9.17) is 0 Å². The van der Waals surface area contributed by atoms with E-state index in [1.807, 2.05) is 13.8 Å². The molecule has 4 nitrogen and oxygen atoms in total. The molecule has 4 aliphatic carbocycles. The van der Waals surface area contributed by atoms with Crippen LogP contribution in [0.3, 0.4) is 0 Å². The normalized spacial score (nSPS) is 48.0. The molecule has 4 saturated carbocycles. The Hall–Kier alpha value is -0.710. The molecule has 4 fully saturated rings. The summed E-state index contributed by atoms with van der Waals surface area (Å²) in [4.78, 5) is 12.9. The fourth-order valence-corrected chi connectivity index (χ4v) is 10.3. The molecular formula is C30H50O4. The second-order valence-corrected chi connectivity index (χ2v) is 14.2. The predicted octanol–water partition coefficient (Wildman–Crippen LogP) is 5.68. The molecule has 4 aliphatic rings. The molecule has 0 spiro atoms. The zero-order valence-corrected chi connectivity index (χ0v) is 22.8. The van der Waals surface area contributed by atoms with Crippen LogP contribution in [0.1, 0.15) is 106 Å². The zero-order valence-electron chi connectivity index (χ0n) is 22.8. The lowest BCUT2D eigenvalue weighted by Gasteiger charge is -2.70. The molecule has 0 saturated heterocycles. The molecule has 4 rings (SSSR count). The van der Waals surface area contributed by atoms with Crippen LogP contribution in [0, 0.1) is 45.3 Å². The first kappa shape index (κ1) is 26.4. The highest BCUT2D eigenvalue weighted by Gasteiger charge is 2.71. The summed E-state index contributed by atoms with van der Waals surface area (Å²) in [6.45, 7) is 15.5. The quantitative estimate of drug-likeness (QED) is 0.448. The van der Waals surface area contributed by atoms with Crippen molar-refractivity contribution in [1.82, 2.24) is 0 Å². The third-order valence-corrected chi connectivity index (χ3v) is 12.2. The Morgan fingerprint density at radius 3 is 2.41 bits per heavy atom. The number of allylic oxidation sites excluding steroid dienone is 1. The number of rotatable bonds is 5. The molecule has 0 radical (unpaired) electrons. The first-order chi connectivity index (χ1) is 15.6. The number of carbonyl (C=O) groups excluding carboxylic acids is 1. The number of aliphatic hydroxyl groups excluding tert-OH is 2. The summed E-state index contributed by atoms with van der Waals surface area (Å²) < 4.78 is 0. The number of hydrogen-bond donors (Lipinski definition) is 3. The zero-order chi connectivity index (χ0) is 25.3. The Bertz CT molecular complexity index is 843. The van der Waals surface area contributed by atoms with Gasteiger partial charge in [0.05, 0.1) is 18.3 Å². The lowest BCUT2D eigenvalue weighted by atomic mass is 9.35. The minimum absolute atomic E-state index is 0.00919. The van der Waals surface area contributed by atoms with E-state index in [1.165, 1.54) is 0 Å². The van der Waals surface area contributed by atoms with E-state index in [0.717, 1.165) is 56.9 Å². The van der Waals surface area contributed by atoms with Gasteiger partial charge in [0.25, 0.3) is 0 Å². The molecule has 194 valence electrons. The molecule has 0 aliphatic heterocycles. The number of ketones is 1. The summed E-state index contributed by atoms with van der Waals surface area (Å²) in [5.41, 5.74) is -0.153.